The van der Waals surface area contributed by atoms with Crippen LogP contribution >= 0.6 is 11.3 Å². The molecule has 0 fully saturated rings. The van der Waals surface area contributed by atoms with Crippen LogP contribution in [0.15, 0.2) is 11.4 Å². The van der Waals surface area contributed by atoms with Crippen LogP contribution in [-0.2, 0) is 11.2 Å². The van der Waals surface area contributed by atoms with E-state index in [0.717, 1.165) is 31.5 Å². The summed E-state index contributed by atoms with van der Waals surface area (Å²) in [6, 6.07) is 2.04. The molecule has 0 saturated heterocycles. The summed E-state index contributed by atoms with van der Waals surface area (Å²) in [5.41, 5.74) is 1.73. The normalized spacial score (nSPS) is 19.8. The van der Waals surface area contributed by atoms with Gasteiger partial charge in [0.1, 0.15) is 6.10 Å². The smallest absolute Gasteiger partial charge is 0.121 e. The average molecular weight is 311 g/mol. The molecule has 118 valence electrons. The zero-order valence-corrected chi connectivity index (χ0v) is 13.6. The van der Waals surface area contributed by atoms with Crippen molar-refractivity contribution in [3.63, 3.8) is 0 Å². The van der Waals surface area contributed by atoms with E-state index in [-0.39, 0.29) is 12.7 Å². The first-order valence-corrected chi connectivity index (χ1v) is 8.24. The van der Waals surface area contributed by atoms with Gasteiger partial charge in [-0.2, -0.15) is 0 Å². The van der Waals surface area contributed by atoms with Crippen molar-refractivity contribution < 1.29 is 9.84 Å². The third-order valence-electron chi connectivity index (χ3n) is 3.57. The minimum atomic E-state index is -0.538. The van der Waals surface area contributed by atoms with Crippen molar-refractivity contribution in [3.05, 3.63) is 21.9 Å². The molecular weight excluding hydrogens is 286 g/mol. The van der Waals surface area contributed by atoms with Crippen molar-refractivity contribution in [2.45, 2.75) is 25.0 Å². The molecule has 2 atom stereocenters. The molecule has 1 aliphatic carbocycles. The Balaban J connectivity index is 1.74. The molecule has 0 bridgehead atoms. The van der Waals surface area contributed by atoms with Gasteiger partial charge in [0.2, 0.25) is 0 Å². The molecule has 1 aromatic rings. The highest BCUT2D eigenvalue weighted by atomic mass is 32.1. The molecule has 1 aromatic heterocycles. The van der Waals surface area contributed by atoms with Gasteiger partial charge in [-0.25, -0.2) is 0 Å². The summed E-state index contributed by atoms with van der Waals surface area (Å²) >= 11 is 1.73. The van der Waals surface area contributed by atoms with Crippen molar-refractivity contribution in [1.29, 1.82) is 5.41 Å². The van der Waals surface area contributed by atoms with Crippen molar-refractivity contribution in [1.82, 2.24) is 10.2 Å². The predicted molar refractivity (Wildman–Crippen MR) is 86.5 cm³/mol. The molecule has 0 aromatic carbocycles. The highest BCUT2D eigenvalue weighted by Gasteiger charge is 2.27. The first kappa shape index (κ1) is 16.6. The number of aliphatic hydroxyl groups excluding tert-OH is 1. The fourth-order valence-electron chi connectivity index (χ4n) is 2.38. The van der Waals surface area contributed by atoms with Gasteiger partial charge in [0.05, 0.1) is 12.7 Å². The van der Waals surface area contributed by atoms with Crippen LogP contribution in [0.2, 0.25) is 0 Å². The van der Waals surface area contributed by atoms with Gasteiger partial charge in [0.15, 0.2) is 0 Å². The number of likely N-dealkylation sites (N-methyl/N-ethyl adjacent to an activating group) is 1. The number of hydrogen-bond donors (Lipinski definition) is 3. The summed E-state index contributed by atoms with van der Waals surface area (Å²) in [7, 11) is 4.04. The van der Waals surface area contributed by atoms with Gasteiger partial charge in [0, 0.05) is 35.8 Å². The first-order chi connectivity index (χ1) is 10.1. The van der Waals surface area contributed by atoms with Crippen molar-refractivity contribution in [2.24, 2.45) is 0 Å². The Labute approximate surface area is 130 Å². The summed E-state index contributed by atoms with van der Waals surface area (Å²) in [6.45, 7) is 2.57. The maximum absolute atomic E-state index is 9.96. The quantitative estimate of drug-likeness (QED) is 0.633. The second-order valence-corrected chi connectivity index (χ2v) is 6.70. The van der Waals surface area contributed by atoms with E-state index in [4.69, 9.17) is 10.1 Å². The van der Waals surface area contributed by atoms with Crippen LogP contribution in [0, 0.1) is 5.41 Å². The third kappa shape index (κ3) is 4.86. The molecule has 2 unspecified atom stereocenters. The summed E-state index contributed by atoms with van der Waals surface area (Å²) in [4.78, 5) is 3.41. The number of aryl methyl sites for hydroxylation is 1. The van der Waals surface area contributed by atoms with E-state index < -0.39 is 6.10 Å². The van der Waals surface area contributed by atoms with Gasteiger partial charge in [-0.15, -0.1) is 11.3 Å². The number of fused-ring (bicyclic) bond motifs is 1. The van der Waals surface area contributed by atoms with Crippen LogP contribution in [0.1, 0.15) is 23.0 Å². The maximum Gasteiger partial charge on any atom is 0.121 e. The second-order valence-electron chi connectivity index (χ2n) is 5.70. The lowest BCUT2D eigenvalue weighted by Gasteiger charge is -2.25. The minimum absolute atomic E-state index is 0.261. The Morgan fingerprint density at radius 3 is 3.10 bits per heavy atom. The molecule has 0 amide bonds. The van der Waals surface area contributed by atoms with Crippen LogP contribution in [-0.4, -0.2) is 62.2 Å². The first-order valence-electron chi connectivity index (χ1n) is 7.36. The molecule has 0 spiro atoms. The van der Waals surface area contributed by atoms with Gasteiger partial charge in [0.25, 0.3) is 0 Å². The SMILES string of the molecule is CN(C)CCNCC(O)COC1C(=N)CCc2sccc21. The monoisotopic (exact) mass is 311 g/mol. The topological polar surface area (TPSA) is 68.6 Å². The maximum atomic E-state index is 9.96. The summed E-state index contributed by atoms with van der Waals surface area (Å²) in [5, 5.41) is 23.3. The van der Waals surface area contributed by atoms with Gasteiger partial charge in [-0.3, -0.25) is 0 Å². The van der Waals surface area contributed by atoms with Crippen molar-refractivity contribution in [3.8, 4) is 0 Å². The number of nitrogens with one attached hydrogen (secondary N) is 2. The molecule has 1 heterocycles. The molecule has 0 saturated carbocycles. The molecule has 3 N–H and O–H groups in total. The highest BCUT2D eigenvalue weighted by Crippen LogP contribution is 2.33. The van der Waals surface area contributed by atoms with Gasteiger partial charge in [-0.1, -0.05) is 0 Å². The highest BCUT2D eigenvalue weighted by molar-refractivity contribution is 7.10. The van der Waals surface area contributed by atoms with Gasteiger partial charge in [-0.05, 0) is 38.4 Å². The lowest BCUT2D eigenvalue weighted by atomic mass is 9.94. The number of ether oxygens (including phenoxy) is 1. The summed E-state index contributed by atoms with van der Waals surface area (Å²) in [5.74, 6) is 0. The minimum Gasteiger partial charge on any atom is -0.389 e. The van der Waals surface area contributed by atoms with E-state index in [0.29, 0.717) is 12.3 Å². The number of hydrogen-bond acceptors (Lipinski definition) is 6. The molecule has 1 aliphatic rings. The number of thiophene rings is 1. The van der Waals surface area contributed by atoms with Crippen LogP contribution in [0.5, 0.6) is 0 Å². The lowest BCUT2D eigenvalue weighted by molar-refractivity contribution is 0.0148. The van der Waals surface area contributed by atoms with Crippen molar-refractivity contribution in [2.75, 3.05) is 40.3 Å². The van der Waals surface area contributed by atoms with E-state index in [1.54, 1.807) is 11.3 Å². The van der Waals surface area contributed by atoms with E-state index in [1.807, 2.05) is 20.2 Å². The molecule has 0 radical (unpaired) electrons. The molecule has 0 aliphatic heterocycles. The Morgan fingerprint density at radius 2 is 2.33 bits per heavy atom. The Hall–Kier alpha value is -0.790. The molecule has 2 rings (SSSR count). The standard InChI is InChI=1S/C15H25N3O2S/c1-18(2)7-6-17-9-11(19)10-20-15-12-5-8-21-14(12)4-3-13(15)16/h5,8,11,15-17,19H,3-4,6-7,9-10H2,1-2H3. The van der Waals surface area contributed by atoms with Crippen LogP contribution in [0.25, 0.3) is 0 Å². The second kappa shape index (κ2) is 8.00. The number of nitrogens with zero attached hydrogens (tertiary/aromatic N) is 1. The molecule has 6 heteroatoms. The fourth-order valence-corrected chi connectivity index (χ4v) is 3.29. The zero-order valence-electron chi connectivity index (χ0n) is 12.8. The van der Waals surface area contributed by atoms with Crippen LogP contribution < -0.4 is 5.32 Å². The Kier molecular flexibility index (Phi) is 6.32. The Morgan fingerprint density at radius 1 is 1.52 bits per heavy atom. The van der Waals surface area contributed by atoms with E-state index in [2.05, 4.69) is 15.6 Å². The fraction of sp³-hybridized carbons (Fsp3) is 0.667. The Bertz CT molecular complexity index is 462. The summed E-state index contributed by atoms with van der Waals surface area (Å²) < 4.78 is 5.80. The largest absolute Gasteiger partial charge is 0.389 e. The zero-order chi connectivity index (χ0) is 15.2. The molecular formula is C15H25N3O2S. The van der Waals surface area contributed by atoms with Crippen molar-refractivity contribution >= 4 is 17.0 Å². The van der Waals surface area contributed by atoms with E-state index >= 15 is 0 Å². The third-order valence-corrected chi connectivity index (χ3v) is 4.57. The molecule has 21 heavy (non-hydrogen) atoms. The molecule has 5 nitrogen and oxygen atoms in total. The predicted octanol–water partition coefficient (Wildman–Crippen LogP) is 1.28. The van der Waals surface area contributed by atoms with E-state index in [1.165, 1.54) is 4.88 Å². The van der Waals surface area contributed by atoms with E-state index in [9.17, 15) is 5.11 Å². The average Bonchev–Trinajstić information content (AvgIpc) is 2.91. The van der Waals surface area contributed by atoms with Crippen LogP contribution in [0.4, 0.5) is 0 Å². The van der Waals surface area contributed by atoms with Gasteiger partial charge >= 0.3 is 0 Å². The van der Waals surface area contributed by atoms with Crippen LogP contribution in [0.3, 0.4) is 0 Å². The lowest BCUT2D eigenvalue weighted by Crippen LogP contribution is -2.35. The number of rotatable bonds is 8. The summed E-state index contributed by atoms with van der Waals surface area (Å²) in [6.07, 6.45) is 0.899. The van der Waals surface area contributed by atoms with Gasteiger partial charge < -0.3 is 25.5 Å². The number of aliphatic hydroxyl groups is 1.